The Morgan fingerprint density at radius 1 is 1.07 bits per heavy atom. The van der Waals surface area contributed by atoms with Crippen LogP contribution in [0, 0.1) is 0 Å². The van der Waals surface area contributed by atoms with Crippen molar-refractivity contribution >= 4 is 15.9 Å². The van der Waals surface area contributed by atoms with E-state index in [-0.39, 0.29) is 6.61 Å². The molecule has 1 aromatic carbocycles. The first-order valence-electron chi connectivity index (χ1n) is 4.60. The van der Waals surface area contributed by atoms with Crippen molar-refractivity contribution in [2.45, 2.75) is 6.61 Å². The van der Waals surface area contributed by atoms with Gasteiger partial charge in [0.2, 0.25) is 0 Å². The van der Waals surface area contributed by atoms with Crippen molar-refractivity contribution in [2.24, 2.45) is 0 Å². The van der Waals surface area contributed by atoms with Crippen molar-refractivity contribution in [3.8, 4) is 11.1 Å². The van der Waals surface area contributed by atoms with Gasteiger partial charge in [0, 0.05) is 22.4 Å². The van der Waals surface area contributed by atoms with E-state index in [0.29, 0.717) is 0 Å². The fourth-order valence-electron chi connectivity index (χ4n) is 1.37. The van der Waals surface area contributed by atoms with Gasteiger partial charge in [0.15, 0.2) is 0 Å². The van der Waals surface area contributed by atoms with Crippen LogP contribution in [0.5, 0.6) is 0 Å². The van der Waals surface area contributed by atoms with Crippen molar-refractivity contribution in [1.29, 1.82) is 0 Å². The van der Waals surface area contributed by atoms with E-state index < -0.39 is 0 Å². The van der Waals surface area contributed by atoms with Crippen LogP contribution >= 0.6 is 15.9 Å². The Balaban J connectivity index is 2.37. The molecule has 76 valence electrons. The zero-order valence-corrected chi connectivity index (χ0v) is 9.61. The largest absolute Gasteiger partial charge is 0.392 e. The molecule has 0 fully saturated rings. The number of hydrogen-bond donors (Lipinski definition) is 1. The van der Waals surface area contributed by atoms with Gasteiger partial charge >= 0.3 is 0 Å². The zero-order valence-electron chi connectivity index (χ0n) is 8.02. The normalized spacial score (nSPS) is 10.3. The lowest BCUT2D eigenvalue weighted by molar-refractivity contribution is 0.282. The molecule has 15 heavy (non-hydrogen) atoms. The number of pyridine rings is 1. The van der Waals surface area contributed by atoms with Gasteiger partial charge in [-0.25, -0.2) is 0 Å². The molecule has 1 heterocycles. The van der Waals surface area contributed by atoms with Gasteiger partial charge < -0.3 is 5.11 Å². The second-order valence-corrected chi connectivity index (χ2v) is 4.16. The summed E-state index contributed by atoms with van der Waals surface area (Å²) in [6.45, 7) is 0.0804. The van der Waals surface area contributed by atoms with Gasteiger partial charge in [0.25, 0.3) is 0 Å². The van der Waals surface area contributed by atoms with Gasteiger partial charge in [0.05, 0.1) is 6.61 Å². The molecule has 0 bridgehead atoms. The molecule has 0 unspecified atom stereocenters. The molecule has 1 N–H and O–H groups in total. The van der Waals surface area contributed by atoms with Crippen LogP contribution in [0.4, 0.5) is 0 Å². The van der Waals surface area contributed by atoms with Gasteiger partial charge in [-0.2, -0.15) is 0 Å². The Morgan fingerprint density at radius 2 is 1.80 bits per heavy atom. The summed E-state index contributed by atoms with van der Waals surface area (Å²) in [6.07, 6.45) is 3.57. The van der Waals surface area contributed by atoms with Crippen LogP contribution in [-0.2, 0) is 6.61 Å². The first-order valence-corrected chi connectivity index (χ1v) is 5.39. The highest BCUT2D eigenvalue weighted by molar-refractivity contribution is 9.10. The minimum absolute atomic E-state index is 0.0804. The smallest absolute Gasteiger partial charge is 0.0681 e. The minimum Gasteiger partial charge on any atom is -0.392 e. The van der Waals surface area contributed by atoms with Gasteiger partial charge in [0.1, 0.15) is 0 Å². The highest BCUT2D eigenvalue weighted by Crippen LogP contribution is 2.21. The molecule has 2 nitrogen and oxygen atoms in total. The summed E-state index contributed by atoms with van der Waals surface area (Å²) in [4.78, 5) is 4.11. The third-order valence-corrected chi connectivity index (χ3v) is 2.61. The Hall–Kier alpha value is -1.19. The summed E-state index contributed by atoms with van der Waals surface area (Å²) >= 11 is 3.39. The maximum Gasteiger partial charge on any atom is 0.0681 e. The highest BCUT2D eigenvalue weighted by atomic mass is 79.9. The molecule has 1 aromatic heterocycles. The second kappa shape index (κ2) is 4.55. The molecular formula is C12H10BrNO. The monoisotopic (exact) mass is 263 g/mol. The van der Waals surface area contributed by atoms with Gasteiger partial charge in [-0.05, 0) is 33.1 Å². The van der Waals surface area contributed by atoms with Crippen molar-refractivity contribution in [2.75, 3.05) is 0 Å². The molecule has 0 saturated carbocycles. The molecule has 0 radical (unpaired) electrons. The van der Waals surface area contributed by atoms with Crippen LogP contribution in [0.15, 0.2) is 47.2 Å². The third kappa shape index (κ3) is 2.43. The molecule has 0 aliphatic heterocycles. The summed E-state index contributed by atoms with van der Waals surface area (Å²) in [5, 5.41) is 8.92. The lowest BCUT2D eigenvalue weighted by atomic mass is 10.1. The predicted molar refractivity (Wildman–Crippen MR) is 63.3 cm³/mol. The van der Waals surface area contributed by atoms with Crippen LogP contribution < -0.4 is 0 Å². The summed E-state index contributed by atoms with van der Waals surface area (Å²) in [6, 6.07) is 9.80. The number of aromatic nitrogens is 1. The molecular weight excluding hydrogens is 254 g/mol. The quantitative estimate of drug-likeness (QED) is 0.904. The molecule has 0 spiro atoms. The standard InChI is InChI=1S/C12H10BrNO/c13-12-5-11(6-14-7-12)10-3-1-9(8-15)2-4-10/h1-7,15H,8H2. The van der Waals surface area contributed by atoms with E-state index in [1.54, 1.807) is 6.20 Å². The Bertz CT molecular complexity index is 453. The van der Waals surface area contributed by atoms with E-state index >= 15 is 0 Å². The maximum atomic E-state index is 8.92. The third-order valence-electron chi connectivity index (χ3n) is 2.17. The topological polar surface area (TPSA) is 33.1 Å². The van der Waals surface area contributed by atoms with Crippen LogP contribution in [-0.4, -0.2) is 10.1 Å². The Kier molecular flexibility index (Phi) is 3.14. The molecule has 0 aliphatic rings. The van der Waals surface area contributed by atoms with E-state index in [4.69, 9.17) is 5.11 Å². The first kappa shape index (κ1) is 10.3. The zero-order chi connectivity index (χ0) is 10.7. The molecule has 2 rings (SSSR count). The van der Waals surface area contributed by atoms with Crippen molar-refractivity contribution in [3.05, 3.63) is 52.8 Å². The fraction of sp³-hybridized carbons (Fsp3) is 0.0833. The number of aliphatic hydroxyl groups excluding tert-OH is 1. The van der Waals surface area contributed by atoms with Crippen molar-refractivity contribution in [1.82, 2.24) is 4.98 Å². The summed E-state index contributed by atoms with van der Waals surface area (Å²) in [7, 11) is 0. The van der Waals surface area contributed by atoms with Crippen LogP contribution in [0.3, 0.4) is 0 Å². The molecule has 0 atom stereocenters. The summed E-state index contributed by atoms with van der Waals surface area (Å²) in [5.41, 5.74) is 3.08. The van der Waals surface area contributed by atoms with E-state index in [0.717, 1.165) is 21.2 Å². The molecule has 0 aliphatic carbocycles. The number of halogens is 1. The van der Waals surface area contributed by atoms with Crippen LogP contribution in [0.2, 0.25) is 0 Å². The summed E-state index contributed by atoms with van der Waals surface area (Å²) in [5.74, 6) is 0. The van der Waals surface area contributed by atoms with Crippen molar-refractivity contribution < 1.29 is 5.11 Å². The van der Waals surface area contributed by atoms with Crippen LogP contribution in [0.25, 0.3) is 11.1 Å². The highest BCUT2D eigenvalue weighted by Gasteiger charge is 1.98. The van der Waals surface area contributed by atoms with E-state index in [1.165, 1.54) is 0 Å². The number of benzene rings is 1. The summed E-state index contributed by atoms with van der Waals surface area (Å²) < 4.78 is 0.964. The number of rotatable bonds is 2. The van der Waals surface area contributed by atoms with E-state index in [9.17, 15) is 0 Å². The number of hydrogen-bond acceptors (Lipinski definition) is 2. The Labute approximate surface area is 96.7 Å². The fourth-order valence-corrected chi connectivity index (χ4v) is 1.74. The van der Waals surface area contributed by atoms with Crippen molar-refractivity contribution in [3.63, 3.8) is 0 Å². The van der Waals surface area contributed by atoms with Crippen LogP contribution in [0.1, 0.15) is 5.56 Å². The minimum atomic E-state index is 0.0804. The Morgan fingerprint density at radius 3 is 2.40 bits per heavy atom. The number of aliphatic hydroxyl groups is 1. The second-order valence-electron chi connectivity index (χ2n) is 3.25. The SMILES string of the molecule is OCc1ccc(-c2cncc(Br)c2)cc1. The molecule has 3 heteroatoms. The van der Waals surface area contributed by atoms with E-state index in [2.05, 4.69) is 20.9 Å². The molecule has 0 amide bonds. The maximum absolute atomic E-state index is 8.92. The van der Waals surface area contributed by atoms with Gasteiger partial charge in [-0.3, -0.25) is 4.98 Å². The average molecular weight is 264 g/mol. The first-order chi connectivity index (χ1) is 7.29. The number of nitrogens with zero attached hydrogens (tertiary/aromatic N) is 1. The van der Waals surface area contributed by atoms with Gasteiger partial charge in [-0.15, -0.1) is 0 Å². The lowest BCUT2D eigenvalue weighted by Crippen LogP contribution is -1.84. The predicted octanol–water partition coefficient (Wildman–Crippen LogP) is 3.00. The average Bonchev–Trinajstić information content (AvgIpc) is 2.29. The van der Waals surface area contributed by atoms with Gasteiger partial charge in [-0.1, -0.05) is 24.3 Å². The molecule has 0 saturated heterocycles. The lowest BCUT2D eigenvalue weighted by Gasteiger charge is -2.02. The van der Waals surface area contributed by atoms with E-state index in [1.807, 2.05) is 36.5 Å². The molecule has 2 aromatic rings.